The van der Waals surface area contributed by atoms with Crippen molar-refractivity contribution in [2.45, 2.75) is 33.9 Å². The van der Waals surface area contributed by atoms with Gasteiger partial charge in [0.25, 0.3) is 0 Å². The number of hydrogen-bond donors (Lipinski definition) is 0. The number of nitrogens with zero attached hydrogens (tertiary/aromatic N) is 3. The van der Waals surface area contributed by atoms with Crippen LogP contribution in [0, 0.1) is 13.8 Å². The Morgan fingerprint density at radius 1 is 0.909 bits per heavy atom. The van der Waals surface area contributed by atoms with Crippen LogP contribution in [0.15, 0.2) is 84.6 Å². The number of amides is 1. The topological polar surface area (TPSA) is 54.9 Å². The van der Waals surface area contributed by atoms with Gasteiger partial charge in [0.15, 0.2) is 5.75 Å². The summed E-state index contributed by atoms with van der Waals surface area (Å²) in [6.07, 6.45) is 3.51. The Kier molecular flexibility index (Phi) is 11.9. The third-order valence-electron chi connectivity index (χ3n) is 7.39. The fraction of sp³-hybridized carbons (Fsp3) is 0.257. The normalized spacial score (nSPS) is 13.8. The lowest BCUT2D eigenvalue weighted by atomic mass is 10.1. The van der Waals surface area contributed by atoms with Crippen molar-refractivity contribution in [2.24, 2.45) is 0 Å². The van der Waals surface area contributed by atoms with E-state index in [2.05, 4.69) is 28.9 Å². The second-order valence-electron chi connectivity index (χ2n) is 10.9. The smallest absolute Gasteiger partial charge is 0.249 e. The van der Waals surface area contributed by atoms with Crippen LogP contribution in [0.4, 0.5) is 0 Å². The van der Waals surface area contributed by atoms with Crippen LogP contribution in [0.5, 0.6) is 17.4 Å². The number of carbonyl (C=O) groups is 1. The molecule has 0 unspecified atom stereocenters. The first-order chi connectivity index (χ1) is 20.7. The maximum atomic E-state index is 13.2. The predicted molar refractivity (Wildman–Crippen MR) is 183 cm³/mol. The highest BCUT2D eigenvalue weighted by Gasteiger charge is 2.22. The van der Waals surface area contributed by atoms with Crippen molar-refractivity contribution in [3.05, 3.63) is 122 Å². The van der Waals surface area contributed by atoms with E-state index in [0.29, 0.717) is 47.7 Å². The van der Waals surface area contributed by atoms with Gasteiger partial charge in [0.05, 0.1) is 11.2 Å². The summed E-state index contributed by atoms with van der Waals surface area (Å²) < 4.78 is 11.9. The summed E-state index contributed by atoms with van der Waals surface area (Å²) in [6, 6.07) is 23.5. The van der Waals surface area contributed by atoms with Crippen LogP contribution in [0.25, 0.3) is 6.08 Å². The summed E-state index contributed by atoms with van der Waals surface area (Å²) in [5, 5.41) is 1.19. The fourth-order valence-corrected chi connectivity index (χ4v) is 5.40. The lowest BCUT2D eigenvalue weighted by Gasteiger charge is -2.35. The van der Waals surface area contributed by atoms with Crippen LogP contribution in [-0.2, 0) is 17.9 Å². The average molecular weight is 698 g/mol. The minimum atomic E-state index is 0. The quantitative estimate of drug-likeness (QED) is 0.164. The number of carbonyl (C=O) groups excluding carboxylic acids is 1. The Morgan fingerprint density at radius 2 is 1.59 bits per heavy atom. The van der Waals surface area contributed by atoms with Gasteiger partial charge in [0.1, 0.15) is 12.4 Å². The summed E-state index contributed by atoms with van der Waals surface area (Å²) in [5.41, 5.74) is 5.87. The Balaban J connectivity index is 0.00000442. The predicted octanol–water partition coefficient (Wildman–Crippen LogP) is 8.70. The number of benzene rings is 3. The molecule has 44 heavy (non-hydrogen) atoms. The Labute approximate surface area is 280 Å². The maximum Gasteiger partial charge on any atom is 0.249 e. The summed E-state index contributed by atoms with van der Waals surface area (Å²) in [6.45, 7) is 10.2. The second kappa shape index (κ2) is 15.6. The lowest BCUT2D eigenvalue weighted by Crippen LogP contribution is -2.48. The average Bonchev–Trinajstić information content (AvgIpc) is 3.00. The molecule has 0 aliphatic carbocycles. The molecule has 0 spiro atoms. The molecule has 1 fully saturated rings. The Bertz CT molecular complexity index is 1560. The molecule has 230 valence electrons. The molecular formula is C35H36BrCl2N3O3. The Morgan fingerprint density at radius 3 is 2.23 bits per heavy atom. The largest absolute Gasteiger partial charge is 0.487 e. The van der Waals surface area contributed by atoms with E-state index in [4.69, 9.17) is 32.7 Å². The molecule has 3 aromatic carbocycles. The second-order valence-corrected chi connectivity index (χ2v) is 11.7. The fourth-order valence-electron chi connectivity index (χ4n) is 4.96. The van der Waals surface area contributed by atoms with E-state index in [0.717, 1.165) is 41.3 Å². The van der Waals surface area contributed by atoms with E-state index < -0.39 is 0 Å². The van der Waals surface area contributed by atoms with Crippen molar-refractivity contribution in [3.8, 4) is 17.4 Å². The molecule has 6 nitrogen and oxygen atoms in total. The molecule has 1 saturated heterocycles. The van der Waals surface area contributed by atoms with E-state index in [1.807, 2.05) is 79.4 Å². The molecular weight excluding hydrogens is 661 g/mol. The van der Waals surface area contributed by atoms with Gasteiger partial charge in [0, 0.05) is 49.4 Å². The molecule has 0 atom stereocenters. The highest BCUT2D eigenvalue weighted by atomic mass is 79.9. The first-order valence-corrected chi connectivity index (χ1v) is 15.1. The maximum absolute atomic E-state index is 13.2. The summed E-state index contributed by atoms with van der Waals surface area (Å²) in [4.78, 5) is 21.9. The zero-order valence-electron chi connectivity index (χ0n) is 25.1. The minimum Gasteiger partial charge on any atom is -0.487 e. The van der Waals surface area contributed by atoms with Crippen LogP contribution in [0.1, 0.15) is 34.7 Å². The van der Waals surface area contributed by atoms with Crippen molar-refractivity contribution in [1.82, 2.24) is 14.8 Å². The van der Waals surface area contributed by atoms with E-state index in [9.17, 15) is 4.79 Å². The van der Waals surface area contributed by atoms with Gasteiger partial charge in [-0.2, -0.15) is 0 Å². The molecule has 0 bridgehead atoms. The van der Waals surface area contributed by atoms with Crippen LogP contribution in [0.3, 0.4) is 0 Å². The van der Waals surface area contributed by atoms with Gasteiger partial charge in [-0.1, -0.05) is 65.2 Å². The summed E-state index contributed by atoms with van der Waals surface area (Å²) in [5.74, 6) is 1.63. The number of piperazine rings is 1. The molecule has 1 aliphatic heterocycles. The molecule has 4 aromatic rings. The molecule has 1 amide bonds. The van der Waals surface area contributed by atoms with Gasteiger partial charge in [-0.25, -0.2) is 4.98 Å². The van der Waals surface area contributed by atoms with E-state index in [1.54, 1.807) is 12.3 Å². The Hall–Kier alpha value is -3.36. The third-order valence-corrected chi connectivity index (χ3v) is 7.93. The highest BCUT2D eigenvalue weighted by molar-refractivity contribution is 8.93. The molecule has 5 rings (SSSR count). The first-order valence-electron chi connectivity index (χ1n) is 14.3. The molecule has 1 aliphatic rings. The number of halogens is 3. The van der Waals surface area contributed by atoms with Gasteiger partial charge in [-0.05, 0) is 79.4 Å². The van der Waals surface area contributed by atoms with Crippen LogP contribution in [0.2, 0.25) is 10.0 Å². The van der Waals surface area contributed by atoms with Crippen molar-refractivity contribution in [2.75, 3.05) is 26.2 Å². The minimum absolute atomic E-state index is 0. The molecule has 0 radical (unpaired) electrons. The molecule has 2 heterocycles. The monoisotopic (exact) mass is 695 g/mol. The van der Waals surface area contributed by atoms with Gasteiger partial charge >= 0.3 is 0 Å². The van der Waals surface area contributed by atoms with Gasteiger partial charge in [-0.15, -0.1) is 17.0 Å². The van der Waals surface area contributed by atoms with Crippen molar-refractivity contribution in [3.63, 3.8) is 0 Å². The zero-order chi connectivity index (χ0) is 30.3. The van der Waals surface area contributed by atoms with Crippen LogP contribution < -0.4 is 9.47 Å². The van der Waals surface area contributed by atoms with Crippen LogP contribution in [-0.4, -0.2) is 46.9 Å². The molecule has 1 aromatic heterocycles. The van der Waals surface area contributed by atoms with Crippen molar-refractivity contribution >= 4 is 52.2 Å². The number of rotatable bonds is 9. The summed E-state index contributed by atoms with van der Waals surface area (Å²) >= 11 is 12.6. The standard InChI is InChI=1S/C35H35Cl2N3O3.BrH/c1-24-4-6-28(7-5-24)23-42-31-12-13-33(38-21-31)43-34-25(2)18-29(20-32(34)37)19-26(3)35(41)40-16-14-39(15-17-40)22-27-8-10-30(36)11-9-27;/h4-13,18-21H,14-17,22-23H2,1-3H3;1H/b26-19+;. The number of aromatic nitrogens is 1. The SMILES string of the molecule is Br.C/C(=C\c1cc(C)c(Oc2ccc(OCc3ccc(C)cc3)cn2)c(Cl)c1)C(=O)N1CCN(Cc2ccc(Cl)cc2)CC1. The molecule has 0 saturated carbocycles. The summed E-state index contributed by atoms with van der Waals surface area (Å²) in [7, 11) is 0. The lowest BCUT2D eigenvalue weighted by molar-refractivity contribution is -0.128. The molecule has 0 N–H and O–H groups in total. The van der Waals surface area contributed by atoms with Crippen molar-refractivity contribution < 1.29 is 14.3 Å². The third kappa shape index (κ3) is 9.08. The van der Waals surface area contributed by atoms with Gasteiger partial charge < -0.3 is 14.4 Å². The van der Waals surface area contributed by atoms with E-state index in [-0.39, 0.29) is 22.9 Å². The van der Waals surface area contributed by atoms with E-state index >= 15 is 0 Å². The van der Waals surface area contributed by atoms with Gasteiger partial charge in [-0.3, -0.25) is 9.69 Å². The number of aryl methyl sites for hydroxylation is 2. The molecule has 9 heteroatoms. The zero-order valence-corrected chi connectivity index (χ0v) is 28.3. The highest BCUT2D eigenvalue weighted by Crippen LogP contribution is 2.34. The van der Waals surface area contributed by atoms with E-state index in [1.165, 1.54) is 11.1 Å². The first kappa shape index (κ1) is 33.5. The number of pyridine rings is 1. The number of ether oxygens (including phenoxy) is 2. The van der Waals surface area contributed by atoms with Crippen LogP contribution >= 0.6 is 40.2 Å². The van der Waals surface area contributed by atoms with Gasteiger partial charge in [0.2, 0.25) is 11.8 Å². The van der Waals surface area contributed by atoms with Crippen molar-refractivity contribution in [1.29, 1.82) is 0 Å². The number of hydrogen-bond acceptors (Lipinski definition) is 5.